The summed E-state index contributed by atoms with van der Waals surface area (Å²) in [5, 5.41) is 0. The van der Waals surface area contributed by atoms with Crippen molar-refractivity contribution in [2.75, 3.05) is 0 Å². The normalized spacial score (nSPS) is 14.5. The molecule has 0 saturated carbocycles. The Morgan fingerprint density at radius 2 is 2.62 bits per heavy atom. The highest BCUT2D eigenvalue weighted by molar-refractivity contribution is 5.76. The van der Waals surface area contributed by atoms with Crippen LogP contribution in [0.2, 0.25) is 0 Å². The second kappa shape index (κ2) is 1.18. The van der Waals surface area contributed by atoms with E-state index in [1.807, 2.05) is 10.8 Å². The molecular weight excluding hydrogens is 102 g/mol. The highest BCUT2D eigenvalue weighted by Crippen LogP contribution is 1.99. The first-order valence-electron chi connectivity index (χ1n) is 2.48. The number of hydrogen-bond acceptors (Lipinski definition) is 2. The quantitative estimate of drug-likeness (QED) is 0.468. The standard InChI is InChI=1S/C5H5N3/c1-2-8-4-6-3-5(8)7-1/h1-3H,4H2. The topological polar surface area (TPSA) is 30.2 Å². The van der Waals surface area contributed by atoms with Crippen LogP contribution in [0.15, 0.2) is 17.4 Å². The SMILES string of the molecule is C1=NCn2ccnc21. The summed E-state index contributed by atoms with van der Waals surface area (Å²) in [6, 6.07) is 0. The van der Waals surface area contributed by atoms with Gasteiger partial charge in [0, 0.05) is 12.4 Å². The average molecular weight is 107 g/mol. The molecule has 0 spiro atoms. The number of aromatic nitrogens is 2. The Labute approximate surface area is 46.7 Å². The van der Waals surface area contributed by atoms with E-state index in [0.29, 0.717) is 0 Å². The Bertz CT molecular complexity index is 223. The van der Waals surface area contributed by atoms with Crippen molar-refractivity contribution in [1.82, 2.24) is 9.55 Å². The van der Waals surface area contributed by atoms with E-state index < -0.39 is 0 Å². The molecule has 1 aromatic heterocycles. The third kappa shape index (κ3) is 0.332. The number of imidazole rings is 1. The minimum Gasteiger partial charge on any atom is -0.310 e. The van der Waals surface area contributed by atoms with Crippen molar-refractivity contribution in [2.45, 2.75) is 6.67 Å². The van der Waals surface area contributed by atoms with Gasteiger partial charge in [-0.1, -0.05) is 0 Å². The second-order valence-electron chi connectivity index (χ2n) is 1.71. The van der Waals surface area contributed by atoms with Crippen molar-refractivity contribution in [2.24, 2.45) is 4.99 Å². The largest absolute Gasteiger partial charge is 0.310 e. The predicted octanol–water partition coefficient (Wildman–Crippen LogP) is 0.273. The molecule has 0 bridgehead atoms. The Hall–Kier alpha value is -1.12. The Morgan fingerprint density at radius 3 is 3.50 bits per heavy atom. The van der Waals surface area contributed by atoms with E-state index in [9.17, 15) is 0 Å². The van der Waals surface area contributed by atoms with Crippen molar-refractivity contribution in [3.8, 4) is 0 Å². The van der Waals surface area contributed by atoms with Gasteiger partial charge >= 0.3 is 0 Å². The van der Waals surface area contributed by atoms with Crippen LogP contribution in [-0.4, -0.2) is 15.8 Å². The van der Waals surface area contributed by atoms with Gasteiger partial charge in [0.2, 0.25) is 0 Å². The average Bonchev–Trinajstić information content (AvgIpc) is 2.15. The lowest BCUT2D eigenvalue weighted by molar-refractivity contribution is 0.762. The van der Waals surface area contributed by atoms with Crippen molar-refractivity contribution < 1.29 is 0 Å². The van der Waals surface area contributed by atoms with Crippen molar-refractivity contribution in [3.63, 3.8) is 0 Å². The molecule has 0 amide bonds. The van der Waals surface area contributed by atoms with Crippen molar-refractivity contribution in [1.29, 1.82) is 0 Å². The molecule has 2 rings (SSSR count). The smallest absolute Gasteiger partial charge is 0.152 e. The van der Waals surface area contributed by atoms with Crippen LogP contribution < -0.4 is 0 Å². The first-order valence-corrected chi connectivity index (χ1v) is 2.48. The minimum absolute atomic E-state index is 0.745. The Balaban J connectivity index is 2.67. The summed E-state index contributed by atoms with van der Waals surface area (Å²) >= 11 is 0. The van der Waals surface area contributed by atoms with Gasteiger partial charge in [0.05, 0.1) is 6.21 Å². The summed E-state index contributed by atoms with van der Waals surface area (Å²) in [5.41, 5.74) is 0. The molecule has 1 aliphatic heterocycles. The third-order valence-electron chi connectivity index (χ3n) is 1.19. The number of rotatable bonds is 0. The van der Waals surface area contributed by atoms with E-state index >= 15 is 0 Å². The van der Waals surface area contributed by atoms with Crippen LogP contribution in [0.25, 0.3) is 0 Å². The molecule has 0 aliphatic carbocycles. The maximum atomic E-state index is 4.01. The zero-order valence-electron chi connectivity index (χ0n) is 4.28. The minimum atomic E-state index is 0.745. The zero-order chi connectivity index (χ0) is 5.40. The predicted molar refractivity (Wildman–Crippen MR) is 29.8 cm³/mol. The summed E-state index contributed by atoms with van der Waals surface area (Å²) in [6.07, 6.45) is 5.48. The van der Waals surface area contributed by atoms with E-state index in [0.717, 1.165) is 12.5 Å². The maximum absolute atomic E-state index is 4.01. The van der Waals surface area contributed by atoms with Crippen LogP contribution in [0.5, 0.6) is 0 Å². The number of aliphatic imine (C=N–C) groups is 1. The summed E-state index contributed by atoms with van der Waals surface area (Å²) < 4.78 is 1.99. The van der Waals surface area contributed by atoms with Gasteiger partial charge in [0.25, 0.3) is 0 Å². The zero-order valence-corrected chi connectivity index (χ0v) is 4.28. The highest BCUT2D eigenvalue weighted by atomic mass is 15.2. The third-order valence-corrected chi connectivity index (χ3v) is 1.19. The fourth-order valence-corrected chi connectivity index (χ4v) is 0.778. The monoisotopic (exact) mass is 107 g/mol. The molecule has 0 radical (unpaired) electrons. The van der Waals surface area contributed by atoms with Gasteiger partial charge in [0.15, 0.2) is 5.82 Å². The van der Waals surface area contributed by atoms with Gasteiger partial charge in [-0.05, 0) is 0 Å². The fraction of sp³-hybridized carbons (Fsp3) is 0.200. The molecule has 1 aromatic rings. The Kier molecular flexibility index (Phi) is 0.566. The Morgan fingerprint density at radius 1 is 1.62 bits per heavy atom. The van der Waals surface area contributed by atoms with E-state index in [1.54, 1.807) is 12.4 Å². The molecule has 1 aliphatic rings. The van der Waals surface area contributed by atoms with Crippen LogP contribution in [0.1, 0.15) is 5.82 Å². The van der Waals surface area contributed by atoms with Crippen LogP contribution in [0.4, 0.5) is 0 Å². The van der Waals surface area contributed by atoms with Crippen LogP contribution in [0.3, 0.4) is 0 Å². The molecule has 40 valence electrons. The first kappa shape index (κ1) is 3.83. The highest BCUT2D eigenvalue weighted by Gasteiger charge is 2.01. The number of nitrogens with zero attached hydrogens (tertiary/aromatic N) is 3. The van der Waals surface area contributed by atoms with Crippen LogP contribution in [0, 0.1) is 0 Å². The van der Waals surface area contributed by atoms with Crippen LogP contribution >= 0.6 is 0 Å². The molecule has 8 heavy (non-hydrogen) atoms. The van der Waals surface area contributed by atoms with Gasteiger partial charge in [-0.15, -0.1) is 0 Å². The molecule has 0 unspecified atom stereocenters. The van der Waals surface area contributed by atoms with Crippen LogP contribution in [-0.2, 0) is 6.67 Å². The van der Waals surface area contributed by atoms with E-state index in [-0.39, 0.29) is 0 Å². The fourth-order valence-electron chi connectivity index (χ4n) is 0.778. The molecule has 0 fully saturated rings. The van der Waals surface area contributed by atoms with Gasteiger partial charge in [-0.3, -0.25) is 4.99 Å². The molecule has 3 nitrogen and oxygen atoms in total. The van der Waals surface area contributed by atoms with E-state index in [2.05, 4.69) is 9.98 Å². The molecule has 0 saturated heterocycles. The summed E-state index contributed by atoms with van der Waals surface area (Å²) in [7, 11) is 0. The van der Waals surface area contributed by atoms with E-state index in [1.165, 1.54) is 0 Å². The van der Waals surface area contributed by atoms with Crippen molar-refractivity contribution in [3.05, 3.63) is 18.2 Å². The first-order chi connectivity index (χ1) is 3.97. The number of fused-ring (bicyclic) bond motifs is 1. The summed E-state index contributed by atoms with van der Waals surface area (Å²) in [6.45, 7) is 0.745. The molecule has 0 atom stereocenters. The van der Waals surface area contributed by atoms with Gasteiger partial charge < -0.3 is 4.57 Å². The van der Waals surface area contributed by atoms with Crippen molar-refractivity contribution >= 4 is 6.21 Å². The molecule has 0 N–H and O–H groups in total. The molecule has 0 aromatic carbocycles. The molecule has 3 heteroatoms. The summed E-state index contributed by atoms with van der Waals surface area (Å²) in [5.74, 6) is 0.963. The molecule has 2 heterocycles. The molecular formula is C5H5N3. The van der Waals surface area contributed by atoms with Gasteiger partial charge in [-0.25, -0.2) is 4.98 Å². The number of hydrogen-bond donors (Lipinski definition) is 0. The summed E-state index contributed by atoms with van der Waals surface area (Å²) in [4.78, 5) is 8.00. The van der Waals surface area contributed by atoms with Gasteiger partial charge in [-0.2, -0.15) is 0 Å². The lowest BCUT2D eigenvalue weighted by atomic mass is 10.7. The maximum Gasteiger partial charge on any atom is 0.152 e. The van der Waals surface area contributed by atoms with E-state index in [4.69, 9.17) is 0 Å². The lowest BCUT2D eigenvalue weighted by Crippen LogP contribution is -1.90. The van der Waals surface area contributed by atoms with Gasteiger partial charge in [0.1, 0.15) is 6.67 Å². The lowest BCUT2D eigenvalue weighted by Gasteiger charge is -1.86. The second-order valence-corrected chi connectivity index (χ2v) is 1.71.